The summed E-state index contributed by atoms with van der Waals surface area (Å²) in [5.41, 5.74) is 7.71. The van der Waals surface area contributed by atoms with Crippen LogP contribution in [0.1, 0.15) is 5.56 Å². The highest BCUT2D eigenvalue weighted by Gasteiger charge is 1.95. The molecule has 1 heterocycles. The Labute approximate surface area is 93.0 Å². The first-order valence-corrected chi connectivity index (χ1v) is 5.70. The van der Waals surface area contributed by atoms with Crippen molar-refractivity contribution < 1.29 is 0 Å². The maximum Gasteiger partial charge on any atom is 0.182 e. The van der Waals surface area contributed by atoms with E-state index < -0.39 is 0 Å². The van der Waals surface area contributed by atoms with Gasteiger partial charge in [-0.05, 0) is 24.1 Å². The fourth-order valence-electron chi connectivity index (χ4n) is 1.31. The number of nitrogens with zero attached hydrogens (tertiary/aromatic N) is 1. The summed E-state index contributed by atoms with van der Waals surface area (Å²) in [5, 5.41) is 6.20. The van der Waals surface area contributed by atoms with E-state index in [1.165, 1.54) is 5.56 Å². The van der Waals surface area contributed by atoms with Gasteiger partial charge >= 0.3 is 0 Å². The first-order valence-electron chi connectivity index (χ1n) is 4.82. The van der Waals surface area contributed by atoms with E-state index in [2.05, 4.69) is 22.4 Å². The van der Waals surface area contributed by atoms with Gasteiger partial charge in [-0.1, -0.05) is 12.1 Å². The fraction of sp³-hybridized carbons (Fsp3) is 0.182. The van der Waals surface area contributed by atoms with Crippen LogP contribution in [-0.2, 0) is 6.42 Å². The maximum atomic E-state index is 5.61. The van der Waals surface area contributed by atoms with E-state index in [0.717, 1.165) is 23.8 Å². The second-order valence-electron chi connectivity index (χ2n) is 3.26. The maximum absolute atomic E-state index is 5.61. The molecular formula is C11H13N3S. The molecule has 3 N–H and O–H groups in total. The minimum absolute atomic E-state index is 0.812. The Hall–Kier alpha value is -1.55. The van der Waals surface area contributed by atoms with Crippen molar-refractivity contribution >= 4 is 22.2 Å². The molecule has 0 amide bonds. The number of nitrogens with two attached hydrogens (primary N) is 1. The molecule has 0 fully saturated rings. The van der Waals surface area contributed by atoms with Crippen molar-refractivity contribution in [3.63, 3.8) is 0 Å². The van der Waals surface area contributed by atoms with E-state index in [1.54, 1.807) is 17.5 Å². The Morgan fingerprint density at radius 3 is 2.73 bits per heavy atom. The average molecular weight is 219 g/mol. The van der Waals surface area contributed by atoms with Crippen LogP contribution in [0.2, 0.25) is 0 Å². The summed E-state index contributed by atoms with van der Waals surface area (Å²) in [5.74, 6) is 0. The van der Waals surface area contributed by atoms with Crippen molar-refractivity contribution in [3.05, 3.63) is 41.4 Å². The molecule has 0 unspecified atom stereocenters. The van der Waals surface area contributed by atoms with Gasteiger partial charge in [-0.2, -0.15) is 0 Å². The third kappa shape index (κ3) is 2.95. The van der Waals surface area contributed by atoms with Crippen LogP contribution in [0.4, 0.5) is 10.8 Å². The Kier molecular flexibility index (Phi) is 3.19. The van der Waals surface area contributed by atoms with Crippen LogP contribution >= 0.6 is 11.3 Å². The first-order chi connectivity index (χ1) is 7.34. The van der Waals surface area contributed by atoms with E-state index in [-0.39, 0.29) is 0 Å². The van der Waals surface area contributed by atoms with E-state index in [0.29, 0.717) is 0 Å². The summed E-state index contributed by atoms with van der Waals surface area (Å²) in [6.07, 6.45) is 2.79. The minimum atomic E-state index is 0.812. The van der Waals surface area contributed by atoms with Crippen LogP contribution in [0.5, 0.6) is 0 Å². The third-order valence-corrected chi connectivity index (χ3v) is 2.83. The highest BCUT2D eigenvalue weighted by molar-refractivity contribution is 7.13. The summed E-state index contributed by atoms with van der Waals surface area (Å²) >= 11 is 1.62. The van der Waals surface area contributed by atoms with Crippen molar-refractivity contribution in [2.75, 3.05) is 17.6 Å². The molecule has 0 spiro atoms. The molecule has 3 nitrogen and oxygen atoms in total. The van der Waals surface area contributed by atoms with Gasteiger partial charge < -0.3 is 11.1 Å². The second kappa shape index (κ2) is 4.79. The van der Waals surface area contributed by atoms with Crippen LogP contribution in [-0.4, -0.2) is 11.5 Å². The van der Waals surface area contributed by atoms with Crippen molar-refractivity contribution in [2.24, 2.45) is 0 Å². The summed E-state index contributed by atoms with van der Waals surface area (Å²) in [7, 11) is 0. The smallest absolute Gasteiger partial charge is 0.182 e. The summed E-state index contributed by atoms with van der Waals surface area (Å²) in [4.78, 5) is 4.15. The molecule has 15 heavy (non-hydrogen) atoms. The largest absolute Gasteiger partial charge is 0.399 e. The van der Waals surface area contributed by atoms with Gasteiger partial charge in [0.25, 0.3) is 0 Å². The molecule has 0 radical (unpaired) electrons. The number of rotatable bonds is 4. The van der Waals surface area contributed by atoms with E-state index in [9.17, 15) is 0 Å². The zero-order valence-electron chi connectivity index (χ0n) is 8.31. The molecule has 0 aliphatic carbocycles. The number of hydrogen-bond donors (Lipinski definition) is 2. The summed E-state index contributed by atoms with van der Waals surface area (Å²) in [6, 6.07) is 7.97. The number of aromatic nitrogens is 1. The lowest BCUT2D eigenvalue weighted by atomic mass is 10.1. The molecule has 1 aromatic heterocycles. The van der Waals surface area contributed by atoms with Gasteiger partial charge in [-0.25, -0.2) is 4.98 Å². The van der Waals surface area contributed by atoms with Gasteiger partial charge in [0.15, 0.2) is 5.13 Å². The minimum Gasteiger partial charge on any atom is -0.399 e. The third-order valence-electron chi connectivity index (χ3n) is 2.10. The van der Waals surface area contributed by atoms with Crippen LogP contribution < -0.4 is 11.1 Å². The van der Waals surface area contributed by atoms with Gasteiger partial charge in [0.05, 0.1) is 0 Å². The molecule has 1 aromatic carbocycles. The highest BCUT2D eigenvalue weighted by Crippen LogP contribution is 2.11. The van der Waals surface area contributed by atoms with Crippen molar-refractivity contribution in [1.82, 2.24) is 4.98 Å². The summed E-state index contributed by atoms with van der Waals surface area (Å²) < 4.78 is 0. The van der Waals surface area contributed by atoms with Crippen LogP contribution in [0.15, 0.2) is 35.8 Å². The first kappa shape index (κ1) is 9.98. The Bertz CT molecular complexity index is 394. The van der Waals surface area contributed by atoms with Crippen molar-refractivity contribution in [1.29, 1.82) is 0 Å². The van der Waals surface area contributed by atoms with Gasteiger partial charge in [0, 0.05) is 23.8 Å². The van der Waals surface area contributed by atoms with Crippen molar-refractivity contribution in [2.45, 2.75) is 6.42 Å². The lowest BCUT2D eigenvalue weighted by Gasteiger charge is -2.03. The summed E-state index contributed by atoms with van der Waals surface area (Å²) in [6.45, 7) is 0.900. The van der Waals surface area contributed by atoms with Gasteiger partial charge in [0.1, 0.15) is 0 Å². The van der Waals surface area contributed by atoms with Crippen molar-refractivity contribution in [3.8, 4) is 0 Å². The molecule has 4 heteroatoms. The van der Waals surface area contributed by atoms with E-state index >= 15 is 0 Å². The molecule has 2 aromatic rings. The Morgan fingerprint density at radius 1 is 1.27 bits per heavy atom. The highest BCUT2D eigenvalue weighted by atomic mass is 32.1. The molecule has 2 rings (SSSR count). The Morgan fingerprint density at radius 2 is 2.07 bits per heavy atom. The monoisotopic (exact) mass is 219 g/mol. The Balaban J connectivity index is 1.81. The molecule has 0 saturated heterocycles. The normalized spacial score (nSPS) is 10.1. The van der Waals surface area contributed by atoms with E-state index in [1.807, 2.05) is 17.5 Å². The predicted molar refractivity (Wildman–Crippen MR) is 65.2 cm³/mol. The number of nitrogens with one attached hydrogen (secondary N) is 1. The van der Waals surface area contributed by atoms with Crippen LogP contribution in [0, 0.1) is 0 Å². The zero-order valence-corrected chi connectivity index (χ0v) is 9.13. The zero-order chi connectivity index (χ0) is 10.5. The SMILES string of the molecule is Nc1ccc(CCNc2nccs2)cc1. The van der Waals surface area contributed by atoms with Gasteiger partial charge in [-0.15, -0.1) is 11.3 Å². The van der Waals surface area contributed by atoms with Gasteiger partial charge in [-0.3, -0.25) is 0 Å². The van der Waals surface area contributed by atoms with E-state index in [4.69, 9.17) is 5.73 Å². The number of anilines is 2. The molecule has 0 saturated carbocycles. The fourth-order valence-corrected chi connectivity index (χ4v) is 1.87. The number of benzene rings is 1. The molecule has 78 valence electrons. The quantitative estimate of drug-likeness (QED) is 0.776. The molecule has 0 aliphatic rings. The standard InChI is InChI=1S/C11H13N3S/c12-10-3-1-9(2-4-10)5-6-13-11-14-7-8-15-11/h1-4,7-8H,5-6,12H2,(H,13,14). The molecule has 0 bridgehead atoms. The topological polar surface area (TPSA) is 50.9 Å². The lowest BCUT2D eigenvalue weighted by Crippen LogP contribution is -2.04. The lowest BCUT2D eigenvalue weighted by molar-refractivity contribution is 1.02. The molecule has 0 atom stereocenters. The van der Waals surface area contributed by atoms with Crippen LogP contribution in [0.3, 0.4) is 0 Å². The number of thiazole rings is 1. The number of hydrogen-bond acceptors (Lipinski definition) is 4. The number of nitrogen functional groups attached to an aromatic ring is 1. The van der Waals surface area contributed by atoms with Crippen LogP contribution in [0.25, 0.3) is 0 Å². The second-order valence-corrected chi connectivity index (χ2v) is 4.15. The molecular weight excluding hydrogens is 206 g/mol. The average Bonchev–Trinajstić information content (AvgIpc) is 2.74. The molecule has 0 aliphatic heterocycles. The van der Waals surface area contributed by atoms with Gasteiger partial charge in [0.2, 0.25) is 0 Å². The predicted octanol–water partition coefficient (Wildman–Crippen LogP) is 2.38.